The molecule has 0 saturated carbocycles. The van der Waals surface area contributed by atoms with E-state index in [9.17, 15) is 0 Å². The molecule has 0 bridgehead atoms. The Labute approximate surface area is 102 Å². The van der Waals surface area contributed by atoms with E-state index < -0.39 is 8.56 Å². The van der Waals surface area contributed by atoms with Crippen LogP contribution in [0.5, 0.6) is 0 Å². The molecule has 0 aliphatic rings. The molecular formula is C13H28O2Si. The molecular weight excluding hydrogens is 216 g/mol. The molecule has 0 amide bonds. The molecule has 0 aromatic heterocycles. The summed E-state index contributed by atoms with van der Waals surface area (Å²) in [6, 6.07) is 0. The fourth-order valence-electron chi connectivity index (χ4n) is 1.46. The first kappa shape index (κ1) is 15.9. The summed E-state index contributed by atoms with van der Waals surface area (Å²) in [4.78, 5) is 0. The quantitative estimate of drug-likeness (QED) is 0.603. The van der Waals surface area contributed by atoms with Crippen LogP contribution in [-0.2, 0) is 8.85 Å². The maximum Gasteiger partial charge on any atom is 0.361 e. The zero-order valence-corrected chi connectivity index (χ0v) is 12.7. The van der Waals surface area contributed by atoms with Gasteiger partial charge in [-0.3, -0.25) is 0 Å². The minimum absolute atomic E-state index is 0.279. The van der Waals surface area contributed by atoms with Crippen LogP contribution < -0.4 is 0 Å². The maximum atomic E-state index is 6.15. The van der Waals surface area contributed by atoms with E-state index in [1.807, 2.05) is 5.70 Å². The summed E-state index contributed by atoms with van der Waals surface area (Å²) in [6.45, 7) is 17.5. The van der Waals surface area contributed by atoms with Crippen LogP contribution in [0, 0.1) is 11.8 Å². The Morgan fingerprint density at radius 3 is 2.12 bits per heavy atom. The molecule has 0 saturated heterocycles. The first-order chi connectivity index (χ1) is 7.34. The van der Waals surface area contributed by atoms with Crippen LogP contribution in [0.4, 0.5) is 0 Å². The predicted molar refractivity (Wildman–Crippen MR) is 72.6 cm³/mol. The third-order valence-electron chi connectivity index (χ3n) is 2.61. The molecule has 0 spiro atoms. The van der Waals surface area contributed by atoms with Crippen LogP contribution in [0.2, 0.25) is 6.55 Å². The van der Waals surface area contributed by atoms with Crippen molar-refractivity contribution in [3.8, 4) is 0 Å². The van der Waals surface area contributed by atoms with E-state index in [1.54, 1.807) is 0 Å². The second-order valence-electron chi connectivity index (χ2n) is 5.23. The SMILES string of the molecule is C=C[Si](C)(OCC(C)C)OC(CC)C(C)C. The van der Waals surface area contributed by atoms with Crippen molar-refractivity contribution >= 4 is 8.56 Å². The van der Waals surface area contributed by atoms with Gasteiger partial charge in [0, 0.05) is 12.7 Å². The van der Waals surface area contributed by atoms with Gasteiger partial charge in [0.25, 0.3) is 0 Å². The third kappa shape index (κ3) is 5.82. The van der Waals surface area contributed by atoms with Crippen LogP contribution >= 0.6 is 0 Å². The van der Waals surface area contributed by atoms with Crippen molar-refractivity contribution in [3.05, 3.63) is 12.3 Å². The average Bonchev–Trinajstić information content (AvgIpc) is 2.23. The van der Waals surface area contributed by atoms with Crippen molar-refractivity contribution in [1.82, 2.24) is 0 Å². The standard InChI is InChI=1S/C13H28O2Si/c1-8-13(12(5)6)15-16(7,9-2)14-10-11(3)4/h9,11-13H,2,8,10H2,1,3-7H3. The Bertz CT molecular complexity index is 204. The van der Waals surface area contributed by atoms with Gasteiger partial charge in [-0.05, 0) is 30.5 Å². The largest absolute Gasteiger partial charge is 0.391 e. The van der Waals surface area contributed by atoms with Gasteiger partial charge in [-0.1, -0.05) is 34.6 Å². The van der Waals surface area contributed by atoms with Crippen LogP contribution in [0.3, 0.4) is 0 Å². The zero-order valence-electron chi connectivity index (χ0n) is 11.7. The monoisotopic (exact) mass is 244 g/mol. The lowest BCUT2D eigenvalue weighted by Gasteiger charge is -2.31. The summed E-state index contributed by atoms with van der Waals surface area (Å²) in [7, 11) is -2.17. The number of rotatable bonds is 8. The molecule has 0 aliphatic carbocycles. The van der Waals surface area contributed by atoms with Crippen molar-refractivity contribution in [1.29, 1.82) is 0 Å². The third-order valence-corrected chi connectivity index (χ3v) is 4.86. The molecule has 96 valence electrons. The first-order valence-corrected chi connectivity index (χ1v) is 8.69. The Morgan fingerprint density at radius 2 is 1.81 bits per heavy atom. The highest BCUT2D eigenvalue weighted by molar-refractivity contribution is 6.71. The van der Waals surface area contributed by atoms with Crippen molar-refractivity contribution in [2.75, 3.05) is 6.61 Å². The molecule has 0 aliphatic heterocycles. The van der Waals surface area contributed by atoms with Gasteiger partial charge in [0.15, 0.2) is 0 Å². The van der Waals surface area contributed by atoms with E-state index in [1.165, 1.54) is 0 Å². The topological polar surface area (TPSA) is 18.5 Å². The molecule has 0 fully saturated rings. The average molecular weight is 244 g/mol. The van der Waals surface area contributed by atoms with Crippen molar-refractivity contribution in [2.24, 2.45) is 11.8 Å². The maximum absolute atomic E-state index is 6.15. The van der Waals surface area contributed by atoms with E-state index in [-0.39, 0.29) is 6.10 Å². The van der Waals surface area contributed by atoms with Gasteiger partial charge in [-0.2, -0.15) is 0 Å². The minimum atomic E-state index is -2.17. The van der Waals surface area contributed by atoms with Gasteiger partial charge < -0.3 is 8.85 Å². The van der Waals surface area contributed by atoms with Crippen LogP contribution in [0.15, 0.2) is 12.3 Å². The Hall–Kier alpha value is -0.123. The summed E-state index contributed by atoms with van der Waals surface area (Å²) in [5, 5.41) is 0. The van der Waals surface area contributed by atoms with Crippen LogP contribution in [0.1, 0.15) is 41.0 Å². The normalized spacial score (nSPS) is 17.5. The summed E-state index contributed by atoms with van der Waals surface area (Å²) in [5.41, 5.74) is 1.89. The Balaban J connectivity index is 4.39. The number of hydrogen-bond donors (Lipinski definition) is 0. The lowest BCUT2D eigenvalue weighted by atomic mass is 10.1. The lowest BCUT2D eigenvalue weighted by molar-refractivity contribution is 0.0839. The highest BCUT2D eigenvalue weighted by Crippen LogP contribution is 2.19. The lowest BCUT2D eigenvalue weighted by Crippen LogP contribution is -2.42. The second-order valence-corrected chi connectivity index (χ2v) is 8.20. The number of hydrogen-bond acceptors (Lipinski definition) is 2. The van der Waals surface area contributed by atoms with Gasteiger partial charge >= 0.3 is 8.56 Å². The molecule has 2 atom stereocenters. The molecule has 0 rings (SSSR count). The molecule has 0 heterocycles. The summed E-state index contributed by atoms with van der Waals surface area (Å²) < 4.78 is 12.1. The molecule has 2 nitrogen and oxygen atoms in total. The van der Waals surface area contributed by atoms with Gasteiger partial charge in [0.05, 0.1) is 0 Å². The molecule has 2 unspecified atom stereocenters. The molecule has 0 radical (unpaired) electrons. The van der Waals surface area contributed by atoms with Gasteiger partial charge in [0.1, 0.15) is 0 Å². The second kappa shape index (κ2) is 7.25. The Kier molecular flexibility index (Phi) is 7.20. The van der Waals surface area contributed by atoms with Gasteiger partial charge in [-0.15, -0.1) is 6.58 Å². The zero-order chi connectivity index (χ0) is 12.8. The van der Waals surface area contributed by atoms with E-state index in [2.05, 4.69) is 47.7 Å². The van der Waals surface area contributed by atoms with E-state index in [4.69, 9.17) is 8.85 Å². The van der Waals surface area contributed by atoms with Gasteiger partial charge in [0.2, 0.25) is 0 Å². The molecule has 0 aromatic rings. The van der Waals surface area contributed by atoms with Gasteiger partial charge in [-0.25, -0.2) is 0 Å². The summed E-state index contributed by atoms with van der Waals surface area (Å²) in [5.74, 6) is 1.06. The van der Waals surface area contributed by atoms with Crippen molar-refractivity contribution < 1.29 is 8.85 Å². The van der Waals surface area contributed by atoms with E-state index in [0.717, 1.165) is 13.0 Å². The molecule has 16 heavy (non-hydrogen) atoms. The molecule has 3 heteroatoms. The fraction of sp³-hybridized carbons (Fsp3) is 0.846. The van der Waals surface area contributed by atoms with Crippen molar-refractivity contribution in [3.63, 3.8) is 0 Å². The smallest absolute Gasteiger partial charge is 0.361 e. The van der Waals surface area contributed by atoms with Crippen LogP contribution in [-0.4, -0.2) is 21.3 Å². The van der Waals surface area contributed by atoms with E-state index >= 15 is 0 Å². The molecule has 0 aromatic carbocycles. The molecule has 0 N–H and O–H groups in total. The highest BCUT2D eigenvalue weighted by atomic mass is 28.4. The van der Waals surface area contributed by atoms with Crippen molar-refractivity contribution in [2.45, 2.75) is 53.7 Å². The van der Waals surface area contributed by atoms with E-state index in [0.29, 0.717) is 11.8 Å². The highest BCUT2D eigenvalue weighted by Gasteiger charge is 2.32. The minimum Gasteiger partial charge on any atom is -0.391 e. The Morgan fingerprint density at radius 1 is 1.25 bits per heavy atom. The van der Waals surface area contributed by atoms with Crippen LogP contribution in [0.25, 0.3) is 0 Å². The summed E-state index contributed by atoms with van der Waals surface area (Å²) >= 11 is 0. The fourth-order valence-corrected chi connectivity index (χ4v) is 3.45. The first-order valence-electron chi connectivity index (χ1n) is 6.30. The predicted octanol–water partition coefficient (Wildman–Crippen LogP) is 3.91. The summed E-state index contributed by atoms with van der Waals surface area (Å²) in [6.07, 6.45) is 1.31.